The highest BCUT2D eigenvalue weighted by Gasteiger charge is 2.41. The molecule has 0 heterocycles. The van der Waals surface area contributed by atoms with Crippen LogP contribution in [0, 0.1) is 0 Å². The summed E-state index contributed by atoms with van der Waals surface area (Å²) in [4.78, 5) is 23.4. The molecule has 2 rings (SSSR count). The molecule has 0 aliphatic carbocycles. The summed E-state index contributed by atoms with van der Waals surface area (Å²) in [5, 5.41) is -1.67. The number of amides is 3. The third kappa shape index (κ3) is 8.54. The van der Waals surface area contributed by atoms with Crippen LogP contribution in [0.5, 0.6) is 0 Å². The molecule has 1 atom stereocenters. The van der Waals surface area contributed by atoms with Gasteiger partial charge in [-0.15, -0.1) is 0 Å². The molecule has 0 aromatic heterocycles. The van der Waals surface area contributed by atoms with Crippen molar-refractivity contribution < 1.29 is 53.5 Å². The van der Waals surface area contributed by atoms with Crippen LogP contribution in [0.1, 0.15) is 33.0 Å². The van der Waals surface area contributed by atoms with Gasteiger partial charge in [0.2, 0.25) is 0 Å². The third-order valence-corrected chi connectivity index (χ3v) is 5.91. The van der Waals surface area contributed by atoms with Crippen molar-refractivity contribution >= 4 is 52.6 Å². The summed E-state index contributed by atoms with van der Waals surface area (Å²) in [6.07, 6.45) is -15.8. The molecule has 0 aliphatic heterocycles. The lowest BCUT2D eigenvalue weighted by Gasteiger charge is -2.23. The number of allylic oxidation sites excluding steroid dienone is 1. The zero-order chi connectivity index (χ0) is 30.1. The molecular formula is C21H12Cl3F10N3O2. The van der Waals surface area contributed by atoms with Crippen LogP contribution in [-0.2, 0) is 6.18 Å². The number of rotatable bonds is 5. The zero-order valence-corrected chi connectivity index (χ0v) is 20.8. The van der Waals surface area contributed by atoms with Gasteiger partial charge in [0.05, 0.1) is 26.2 Å². The van der Waals surface area contributed by atoms with Crippen molar-refractivity contribution in [3.05, 3.63) is 73.7 Å². The number of nitrogens with two attached hydrogens (primary N) is 1. The predicted molar refractivity (Wildman–Crippen MR) is 121 cm³/mol. The van der Waals surface area contributed by atoms with Crippen LogP contribution in [0.2, 0.25) is 15.1 Å². The van der Waals surface area contributed by atoms with Crippen LogP contribution in [0.3, 0.4) is 0 Å². The maximum absolute atomic E-state index is 14.9. The van der Waals surface area contributed by atoms with Crippen LogP contribution >= 0.6 is 34.8 Å². The molecular weight excluding hydrogens is 623 g/mol. The lowest BCUT2D eigenvalue weighted by Crippen LogP contribution is -2.52. The van der Waals surface area contributed by atoms with Gasteiger partial charge in [-0.05, 0) is 35.9 Å². The molecule has 0 saturated heterocycles. The largest absolute Gasteiger partial charge is 0.417 e. The fraction of sp³-hybridized carbons (Fsp3) is 0.238. The van der Waals surface area contributed by atoms with Gasteiger partial charge in [0.25, 0.3) is 5.91 Å². The Labute approximate surface area is 227 Å². The molecule has 3 N–H and O–H groups in total. The van der Waals surface area contributed by atoms with E-state index in [2.05, 4.69) is 0 Å². The lowest BCUT2D eigenvalue weighted by molar-refractivity contribution is -0.143. The Morgan fingerprint density at radius 3 is 1.92 bits per heavy atom. The van der Waals surface area contributed by atoms with Crippen LogP contribution in [0.4, 0.5) is 48.7 Å². The van der Waals surface area contributed by atoms with Crippen molar-refractivity contribution in [3.8, 4) is 0 Å². The molecule has 2 aromatic rings. The van der Waals surface area contributed by atoms with Crippen LogP contribution in [-0.4, -0.2) is 35.8 Å². The summed E-state index contributed by atoms with van der Waals surface area (Å²) in [6.45, 7) is -2.16. The Bertz CT molecular complexity index is 1270. The number of hydrogen-bond donors (Lipinski definition) is 2. The second kappa shape index (κ2) is 11.7. The normalized spacial score (nSPS) is 13.7. The quantitative estimate of drug-likeness (QED) is 0.199. The first-order valence-electron chi connectivity index (χ1n) is 9.86. The van der Waals surface area contributed by atoms with E-state index >= 15 is 0 Å². The van der Waals surface area contributed by atoms with E-state index < -0.39 is 86.1 Å². The SMILES string of the molecule is NC(=O)N(CC(F)(F)F)NC(=O)c1ccc(/C(F)=C/C(c2cc(Cl)c(Cl)c(Cl)c2)C(F)(F)F)cc1C(F)(F)F. The highest BCUT2D eigenvalue weighted by Crippen LogP contribution is 2.42. The number of carbonyl (C=O) groups excluding carboxylic acids is 2. The number of hydrazine groups is 1. The van der Waals surface area contributed by atoms with Crippen molar-refractivity contribution in [1.82, 2.24) is 10.4 Å². The van der Waals surface area contributed by atoms with Crippen LogP contribution in [0.25, 0.3) is 5.83 Å². The molecule has 0 radical (unpaired) electrons. The monoisotopic (exact) mass is 633 g/mol. The molecule has 39 heavy (non-hydrogen) atoms. The molecule has 0 aliphatic rings. The summed E-state index contributed by atoms with van der Waals surface area (Å²) >= 11 is 17.1. The fourth-order valence-corrected chi connectivity index (χ4v) is 3.65. The van der Waals surface area contributed by atoms with Gasteiger partial charge in [-0.2, -0.15) is 39.5 Å². The summed E-state index contributed by atoms with van der Waals surface area (Å²) in [6, 6.07) is 0.264. The van der Waals surface area contributed by atoms with Crippen LogP contribution in [0.15, 0.2) is 36.4 Å². The number of benzene rings is 2. The van der Waals surface area contributed by atoms with Gasteiger partial charge < -0.3 is 5.73 Å². The first kappa shape index (κ1) is 32.3. The van der Waals surface area contributed by atoms with Crippen molar-refractivity contribution in [1.29, 1.82) is 0 Å². The van der Waals surface area contributed by atoms with Crippen molar-refractivity contribution in [2.75, 3.05) is 6.54 Å². The second-order valence-corrected chi connectivity index (χ2v) is 8.76. The van der Waals surface area contributed by atoms with E-state index in [0.29, 0.717) is 6.07 Å². The Hall–Kier alpha value is -2.91. The minimum atomic E-state index is -5.45. The predicted octanol–water partition coefficient (Wildman–Crippen LogP) is 7.91. The van der Waals surface area contributed by atoms with Gasteiger partial charge in [-0.25, -0.2) is 14.2 Å². The Kier molecular flexibility index (Phi) is 9.67. The molecule has 214 valence electrons. The summed E-state index contributed by atoms with van der Waals surface area (Å²) in [5.41, 5.74) is 0.809. The highest BCUT2D eigenvalue weighted by atomic mass is 35.5. The van der Waals surface area contributed by atoms with Crippen molar-refractivity contribution in [2.24, 2.45) is 5.73 Å². The van der Waals surface area contributed by atoms with Gasteiger partial charge in [0, 0.05) is 5.56 Å². The average Bonchev–Trinajstić information content (AvgIpc) is 2.77. The maximum Gasteiger partial charge on any atom is 0.417 e. The van der Waals surface area contributed by atoms with Gasteiger partial charge in [0.1, 0.15) is 18.3 Å². The van der Waals surface area contributed by atoms with E-state index in [0.717, 1.165) is 12.1 Å². The Morgan fingerprint density at radius 2 is 1.49 bits per heavy atom. The number of nitrogens with one attached hydrogen (secondary N) is 1. The number of primary amides is 1. The number of alkyl halides is 9. The molecule has 3 amide bonds. The summed E-state index contributed by atoms with van der Waals surface area (Å²) in [7, 11) is 0. The number of halogens is 13. The van der Waals surface area contributed by atoms with Gasteiger partial charge in [0.15, 0.2) is 0 Å². The smallest absolute Gasteiger partial charge is 0.350 e. The molecule has 0 bridgehead atoms. The topological polar surface area (TPSA) is 75.4 Å². The van der Waals surface area contributed by atoms with Gasteiger partial charge in [-0.1, -0.05) is 40.9 Å². The molecule has 1 unspecified atom stereocenters. The number of carbonyl (C=O) groups is 2. The Morgan fingerprint density at radius 1 is 0.949 bits per heavy atom. The van der Waals surface area contributed by atoms with E-state index in [1.807, 2.05) is 0 Å². The van der Waals surface area contributed by atoms with E-state index in [1.54, 1.807) is 0 Å². The van der Waals surface area contributed by atoms with E-state index in [1.165, 1.54) is 5.43 Å². The molecule has 5 nitrogen and oxygen atoms in total. The molecule has 0 saturated carbocycles. The van der Waals surface area contributed by atoms with Gasteiger partial charge in [-0.3, -0.25) is 10.2 Å². The minimum Gasteiger partial charge on any atom is -0.350 e. The second-order valence-electron chi connectivity index (χ2n) is 7.57. The number of hydrogen-bond acceptors (Lipinski definition) is 2. The standard InChI is InChI=1S/C21H12Cl3F10N3O2/c22-13-4-9(5-14(23)16(13)24)11(20(29,30)31)6-15(25)8-1-2-10(12(3-8)21(32,33)34)17(38)36-37(18(35)39)7-19(26,27)28/h1-6,11H,7H2,(H2,35,39)(H,36,38)/b15-6-. The number of nitrogens with zero attached hydrogens (tertiary/aromatic N) is 1. The average molecular weight is 635 g/mol. The molecule has 2 aromatic carbocycles. The summed E-state index contributed by atoms with van der Waals surface area (Å²) < 4.78 is 135. The molecule has 18 heteroatoms. The summed E-state index contributed by atoms with van der Waals surface area (Å²) in [5.74, 6) is -6.50. The maximum atomic E-state index is 14.9. The molecule has 0 spiro atoms. The Balaban J connectivity index is 2.56. The minimum absolute atomic E-state index is 0.0473. The molecule has 0 fully saturated rings. The van der Waals surface area contributed by atoms with E-state index in [-0.39, 0.29) is 23.2 Å². The van der Waals surface area contributed by atoms with E-state index in [9.17, 15) is 53.5 Å². The van der Waals surface area contributed by atoms with Crippen LogP contribution < -0.4 is 11.2 Å². The third-order valence-electron chi connectivity index (χ3n) is 4.72. The first-order valence-corrected chi connectivity index (χ1v) is 11.0. The van der Waals surface area contributed by atoms with Crippen molar-refractivity contribution in [2.45, 2.75) is 24.4 Å². The lowest BCUT2D eigenvalue weighted by atomic mass is 9.95. The zero-order valence-electron chi connectivity index (χ0n) is 18.5. The highest BCUT2D eigenvalue weighted by molar-refractivity contribution is 6.48. The van der Waals surface area contributed by atoms with Crippen molar-refractivity contribution in [3.63, 3.8) is 0 Å². The van der Waals surface area contributed by atoms with E-state index in [4.69, 9.17) is 40.5 Å². The van der Waals surface area contributed by atoms with Gasteiger partial charge >= 0.3 is 24.6 Å². The number of urea groups is 1. The first-order chi connectivity index (χ1) is 17.6. The fourth-order valence-electron chi connectivity index (χ4n) is 3.04.